The van der Waals surface area contributed by atoms with Gasteiger partial charge in [0.2, 0.25) is 0 Å². The van der Waals surface area contributed by atoms with Crippen LogP contribution in [-0.4, -0.2) is 14.2 Å². The van der Waals surface area contributed by atoms with Crippen LogP contribution in [0.15, 0.2) is 23.1 Å². The van der Waals surface area contributed by atoms with E-state index < -0.39 is 10.7 Å². The molecule has 0 N–H and O–H groups in total. The van der Waals surface area contributed by atoms with Crippen molar-refractivity contribution in [3.8, 4) is 0 Å². The van der Waals surface area contributed by atoms with E-state index in [1.54, 1.807) is 12.1 Å². The van der Waals surface area contributed by atoms with E-state index in [1.807, 2.05) is 0 Å². The Labute approximate surface area is 88.6 Å². The van der Waals surface area contributed by atoms with E-state index >= 15 is 0 Å². The minimum absolute atomic E-state index is 0.0539. The number of benzene rings is 1. The lowest BCUT2D eigenvalue weighted by Gasteiger charge is -2.04. The Morgan fingerprint density at radius 2 is 2.07 bits per heavy atom. The van der Waals surface area contributed by atoms with Crippen LogP contribution in [0.3, 0.4) is 0 Å². The van der Waals surface area contributed by atoms with Crippen molar-refractivity contribution in [2.75, 3.05) is 0 Å². The first-order valence-electron chi connectivity index (χ1n) is 3.93. The summed E-state index contributed by atoms with van der Waals surface area (Å²) < 4.78 is 21.6. The molecule has 76 valence electrons. The Kier molecular flexibility index (Phi) is 3.66. The van der Waals surface area contributed by atoms with Gasteiger partial charge < -0.3 is 0 Å². The average Bonchev–Trinajstić information content (AvgIpc) is 2.07. The number of carbonyl (C=O) groups excluding carboxylic acids is 1. The topological polar surface area (TPSA) is 51.2 Å². The quantitative estimate of drug-likeness (QED) is 0.803. The summed E-state index contributed by atoms with van der Waals surface area (Å²) in [5, 5.41) is 0.317. The third-order valence-corrected chi connectivity index (χ3v) is 2.88. The molecule has 0 radical (unpaired) electrons. The van der Waals surface area contributed by atoms with E-state index in [-0.39, 0.29) is 17.1 Å². The van der Waals surface area contributed by atoms with Crippen LogP contribution in [0, 0.1) is 0 Å². The van der Waals surface area contributed by atoms with E-state index in [0.29, 0.717) is 10.6 Å². The summed E-state index contributed by atoms with van der Waals surface area (Å²) in [6, 6.07) is 4.56. The number of halogens is 1. The molecule has 1 rings (SSSR count). The van der Waals surface area contributed by atoms with E-state index in [4.69, 9.17) is 11.6 Å². The normalized spacial score (nSPS) is 10.5. The lowest BCUT2D eigenvalue weighted by molar-refractivity contribution is -0.116. The first kappa shape index (κ1) is 11.2. The van der Waals surface area contributed by atoms with Gasteiger partial charge in [0.1, 0.15) is 5.78 Å². The zero-order chi connectivity index (χ0) is 10.7. The zero-order valence-corrected chi connectivity index (χ0v) is 9.14. The van der Waals surface area contributed by atoms with Gasteiger partial charge in [-0.2, -0.15) is 0 Å². The number of thiol groups is 1. The molecule has 0 aliphatic rings. The van der Waals surface area contributed by atoms with E-state index in [0.717, 1.165) is 0 Å². The van der Waals surface area contributed by atoms with Crippen molar-refractivity contribution >= 4 is 28.1 Å². The predicted octanol–water partition coefficient (Wildman–Crippen LogP) is 1.44. The molecule has 0 saturated carbocycles. The lowest BCUT2D eigenvalue weighted by atomic mass is 10.1. The molecule has 14 heavy (non-hydrogen) atoms. The molecule has 0 spiro atoms. The van der Waals surface area contributed by atoms with Gasteiger partial charge in [0.25, 0.3) is 0 Å². The highest BCUT2D eigenvalue weighted by molar-refractivity contribution is 7.72. The van der Waals surface area contributed by atoms with Crippen LogP contribution in [0.25, 0.3) is 0 Å². The highest BCUT2D eigenvalue weighted by atomic mass is 35.5. The number of Topliss-reactive ketones (excluding diaryl/α,β-unsaturated/α-hetero) is 1. The Hall–Kier alpha value is -0.870. The first-order valence-corrected chi connectivity index (χ1v) is 5.49. The minimum Gasteiger partial charge on any atom is -0.300 e. The number of rotatable bonds is 3. The van der Waals surface area contributed by atoms with Gasteiger partial charge in [0.15, 0.2) is 10.7 Å². The van der Waals surface area contributed by atoms with E-state index in [1.165, 1.54) is 13.0 Å². The van der Waals surface area contributed by atoms with Gasteiger partial charge in [-0.1, -0.05) is 17.7 Å². The first-order chi connectivity index (χ1) is 6.52. The summed E-state index contributed by atoms with van der Waals surface area (Å²) in [5.41, 5.74) is 0.387. The van der Waals surface area contributed by atoms with Crippen LogP contribution in [0.2, 0.25) is 5.02 Å². The van der Waals surface area contributed by atoms with Gasteiger partial charge in [-0.05, 0) is 24.6 Å². The van der Waals surface area contributed by atoms with Gasteiger partial charge in [0.05, 0.1) is 4.90 Å². The molecule has 1 aromatic carbocycles. The second kappa shape index (κ2) is 4.57. The molecule has 0 aromatic heterocycles. The summed E-state index contributed by atoms with van der Waals surface area (Å²) in [7, 11) is -2.70. The molecule has 0 bridgehead atoms. The van der Waals surface area contributed by atoms with Crippen LogP contribution < -0.4 is 0 Å². The van der Waals surface area contributed by atoms with Crippen LogP contribution in [0.5, 0.6) is 0 Å². The molecule has 5 heteroatoms. The molecule has 0 heterocycles. The third kappa shape index (κ3) is 2.56. The molecular weight excluding hydrogens is 224 g/mol. The minimum atomic E-state index is -2.70. The number of hydrogen-bond donors (Lipinski definition) is 1. The average molecular weight is 233 g/mol. The standard InChI is InChI=1S/C9H9ClO3S/c1-6(11)5-7-8(10)3-2-4-9(7)14(12)13/h2-4,14H,5H2,1H3. The Balaban J connectivity index is 3.29. The van der Waals surface area contributed by atoms with Crippen LogP contribution in [0.1, 0.15) is 12.5 Å². The molecular formula is C9H9ClO3S. The van der Waals surface area contributed by atoms with Gasteiger partial charge in [-0.15, -0.1) is 0 Å². The number of hydrogen-bond acceptors (Lipinski definition) is 3. The molecule has 0 aliphatic carbocycles. The smallest absolute Gasteiger partial charge is 0.168 e. The van der Waals surface area contributed by atoms with Crippen molar-refractivity contribution in [1.29, 1.82) is 0 Å². The molecule has 0 atom stereocenters. The summed E-state index contributed by atoms with van der Waals surface area (Å²) in [5.74, 6) is -0.115. The second-order valence-corrected chi connectivity index (χ2v) is 4.28. The summed E-state index contributed by atoms with van der Waals surface area (Å²) in [6.07, 6.45) is 0.0539. The Bertz CT molecular complexity index is 430. The van der Waals surface area contributed by atoms with Crippen molar-refractivity contribution in [2.24, 2.45) is 0 Å². The summed E-state index contributed by atoms with van der Waals surface area (Å²) in [6.45, 7) is 1.39. The van der Waals surface area contributed by atoms with E-state index in [9.17, 15) is 13.2 Å². The SMILES string of the molecule is CC(=O)Cc1c(Cl)cccc1[SH](=O)=O. The van der Waals surface area contributed by atoms with Gasteiger partial charge in [0, 0.05) is 11.4 Å². The van der Waals surface area contributed by atoms with E-state index in [2.05, 4.69) is 0 Å². The molecule has 0 saturated heterocycles. The molecule has 0 aliphatic heterocycles. The fourth-order valence-corrected chi connectivity index (χ4v) is 2.08. The van der Waals surface area contributed by atoms with Crippen molar-refractivity contribution in [1.82, 2.24) is 0 Å². The lowest BCUT2D eigenvalue weighted by Crippen LogP contribution is -2.01. The third-order valence-electron chi connectivity index (χ3n) is 1.72. The van der Waals surface area contributed by atoms with Gasteiger partial charge in [-0.25, -0.2) is 8.42 Å². The Morgan fingerprint density at radius 1 is 1.43 bits per heavy atom. The molecule has 0 fully saturated rings. The number of carbonyl (C=O) groups is 1. The Morgan fingerprint density at radius 3 is 2.57 bits per heavy atom. The van der Waals surface area contributed by atoms with Crippen LogP contribution >= 0.6 is 11.6 Å². The van der Waals surface area contributed by atoms with Crippen molar-refractivity contribution in [3.63, 3.8) is 0 Å². The summed E-state index contributed by atoms with van der Waals surface area (Å²) >= 11 is 5.80. The van der Waals surface area contributed by atoms with Crippen molar-refractivity contribution in [2.45, 2.75) is 18.2 Å². The van der Waals surface area contributed by atoms with Crippen LogP contribution in [0.4, 0.5) is 0 Å². The van der Waals surface area contributed by atoms with Crippen molar-refractivity contribution in [3.05, 3.63) is 28.8 Å². The molecule has 0 amide bonds. The fraction of sp³-hybridized carbons (Fsp3) is 0.222. The maximum Gasteiger partial charge on any atom is 0.168 e. The van der Waals surface area contributed by atoms with Crippen LogP contribution in [-0.2, 0) is 21.9 Å². The zero-order valence-electron chi connectivity index (χ0n) is 7.49. The maximum absolute atomic E-state index is 10.9. The maximum atomic E-state index is 10.9. The van der Waals surface area contributed by atoms with Crippen molar-refractivity contribution < 1.29 is 13.2 Å². The number of ketones is 1. The molecule has 0 unspecified atom stereocenters. The van der Waals surface area contributed by atoms with Gasteiger partial charge >= 0.3 is 0 Å². The summed E-state index contributed by atoms with van der Waals surface area (Å²) in [4.78, 5) is 11.0. The highest BCUT2D eigenvalue weighted by Gasteiger charge is 2.10. The second-order valence-electron chi connectivity index (χ2n) is 2.87. The van der Waals surface area contributed by atoms with Gasteiger partial charge in [-0.3, -0.25) is 4.79 Å². The molecule has 1 aromatic rings. The fourth-order valence-electron chi connectivity index (χ4n) is 1.14. The monoisotopic (exact) mass is 232 g/mol. The predicted molar refractivity (Wildman–Crippen MR) is 54.4 cm³/mol. The highest BCUT2D eigenvalue weighted by Crippen LogP contribution is 2.21. The largest absolute Gasteiger partial charge is 0.300 e. The molecule has 3 nitrogen and oxygen atoms in total.